The van der Waals surface area contributed by atoms with Gasteiger partial charge >= 0.3 is 5.97 Å². The van der Waals surface area contributed by atoms with Gasteiger partial charge < -0.3 is 4.74 Å². The predicted molar refractivity (Wildman–Crippen MR) is 80.7 cm³/mol. The van der Waals surface area contributed by atoms with Crippen LogP contribution in [0.25, 0.3) is 0 Å². The minimum Gasteiger partial charge on any atom is -0.468 e. The Morgan fingerprint density at radius 1 is 1.30 bits per heavy atom. The molecule has 1 aromatic rings. The van der Waals surface area contributed by atoms with Crippen molar-refractivity contribution >= 4 is 27.6 Å². The van der Waals surface area contributed by atoms with Crippen molar-refractivity contribution in [1.29, 1.82) is 0 Å². The summed E-state index contributed by atoms with van der Waals surface area (Å²) in [5.41, 5.74) is 0. The van der Waals surface area contributed by atoms with E-state index < -0.39 is 9.84 Å². The average molecular weight is 316 g/mol. The molecule has 0 radical (unpaired) electrons. The second-order valence-corrected chi connectivity index (χ2v) is 7.81. The monoisotopic (exact) mass is 316 g/mol. The molecule has 1 aromatic carbocycles. The summed E-state index contributed by atoms with van der Waals surface area (Å²) in [7, 11) is -1.80. The first kappa shape index (κ1) is 17.0. The van der Waals surface area contributed by atoms with E-state index >= 15 is 0 Å². The molecule has 0 saturated carbocycles. The maximum Gasteiger partial charge on any atom is 0.319 e. The van der Waals surface area contributed by atoms with Crippen molar-refractivity contribution in [3.05, 3.63) is 24.3 Å². The Morgan fingerprint density at radius 2 is 1.90 bits per heavy atom. The fourth-order valence-corrected chi connectivity index (χ4v) is 3.40. The number of hydrogen-bond acceptors (Lipinski definition) is 5. The molecule has 0 saturated heterocycles. The van der Waals surface area contributed by atoms with Crippen LogP contribution in [0.5, 0.6) is 0 Å². The number of carbonyl (C=O) groups is 1. The summed E-state index contributed by atoms with van der Waals surface area (Å²) in [6.07, 6.45) is 3.89. The van der Waals surface area contributed by atoms with Crippen LogP contribution in [0.3, 0.4) is 0 Å². The maximum atomic E-state index is 11.7. The second-order valence-electron chi connectivity index (χ2n) is 4.52. The van der Waals surface area contributed by atoms with E-state index in [1.54, 1.807) is 24.3 Å². The standard InChI is InChI=1S/C14H20O4S2/c1-4-5-6-13(14(15)18-2)19-11-7-9-12(10-8-11)20(3,16)17/h7-10,13H,4-6H2,1-3H3. The van der Waals surface area contributed by atoms with Crippen molar-refractivity contribution in [3.8, 4) is 0 Å². The van der Waals surface area contributed by atoms with Gasteiger partial charge in [0.15, 0.2) is 9.84 Å². The highest BCUT2D eigenvalue weighted by atomic mass is 32.2. The van der Waals surface area contributed by atoms with Crippen LogP contribution in [0.1, 0.15) is 26.2 Å². The predicted octanol–water partition coefficient (Wildman–Crippen LogP) is 2.91. The van der Waals surface area contributed by atoms with E-state index in [4.69, 9.17) is 4.74 Å². The van der Waals surface area contributed by atoms with Crippen molar-refractivity contribution in [2.45, 2.75) is 41.2 Å². The molecule has 0 N–H and O–H groups in total. The molecular formula is C14H20O4S2. The van der Waals surface area contributed by atoms with Gasteiger partial charge in [-0.2, -0.15) is 0 Å². The van der Waals surface area contributed by atoms with Gasteiger partial charge in [0.2, 0.25) is 0 Å². The Bertz CT molecular complexity index is 535. The molecule has 0 aliphatic rings. The largest absolute Gasteiger partial charge is 0.468 e. The van der Waals surface area contributed by atoms with Crippen molar-refractivity contribution in [2.75, 3.05) is 13.4 Å². The molecule has 0 aliphatic carbocycles. The summed E-state index contributed by atoms with van der Waals surface area (Å²) in [4.78, 5) is 12.9. The fraction of sp³-hybridized carbons (Fsp3) is 0.500. The smallest absolute Gasteiger partial charge is 0.319 e. The average Bonchev–Trinajstić information content (AvgIpc) is 2.42. The summed E-state index contributed by atoms with van der Waals surface area (Å²) in [6, 6.07) is 6.57. The lowest BCUT2D eigenvalue weighted by molar-refractivity contribution is -0.140. The molecule has 1 rings (SSSR count). The molecule has 0 bridgehead atoms. The number of methoxy groups -OCH3 is 1. The van der Waals surface area contributed by atoms with E-state index in [1.807, 2.05) is 0 Å². The number of benzene rings is 1. The third-order valence-electron chi connectivity index (χ3n) is 2.81. The minimum absolute atomic E-state index is 0.240. The highest BCUT2D eigenvalue weighted by Gasteiger charge is 2.20. The molecule has 1 atom stereocenters. The lowest BCUT2D eigenvalue weighted by atomic mass is 10.2. The zero-order valence-corrected chi connectivity index (χ0v) is 13.6. The van der Waals surface area contributed by atoms with Gasteiger partial charge in [0.1, 0.15) is 5.25 Å². The molecule has 112 valence electrons. The third kappa shape index (κ3) is 5.17. The molecule has 0 aliphatic heterocycles. The molecule has 0 heterocycles. The van der Waals surface area contributed by atoms with Gasteiger partial charge in [0.05, 0.1) is 12.0 Å². The number of thioether (sulfide) groups is 1. The molecule has 0 aromatic heterocycles. The van der Waals surface area contributed by atoms with Crippen LogP contribution in [0.4, 0.5) is 0 Å². The highest BCUT2D eigenvalue weighted by molar-refractivity contribution is 8.00. The molecule has 0 spiro atoms. The van der Waals surface area contributed by atoms with Crippen LogP contribution in [0.2, 0.25) is 0 Å². The topological polar surface area (TPSA) is 60.4 Å². The Morgan fingerprint density at radius 3 is 2.35 bits per heavy atom. The van der Waals surface area contributed by atoms with Gasteiger partial charge in [-0.05, 0) is 30.7 Å². The Hall–Kier alpha value is -1.01. The number of esters is 1. The normalized spacial score (nSPS) is 12.9. The van der Waals surface area contributed by atoms with Crippen molar-refractivity contribution in [3.63, 3.8) is 0 Å². The SMILES string of the molecule is CCCCC(Sc1ccc(S(C)(=O)=O)cc1)C(=O)OC. The molecule has 6 heteroatoms. The molecule has 0 fully saturated rings. The van der Waals surface area contributed by atoms with Crippen LogP contribution in [0, 0.1) is 0 Å². The molecule has 4 nitrogen and oxygen atoms in total. The maximum absolute atomic E-state index is 11.7. The number of unbranched alkanes of at least 4 members (excludes halogenated alkanes) is 1. The van der Waals surface area contributed by atoms with Gasteiger partial charge in [-0.1, -0.05) is 19.8 Å². The summed E-state index contributed by atoms with van der Waals surface area (Å²) in [5, 5.41) is -0.246. The zero-order chi connectivity index (χ0) is 15.2. The first-order valence-electron chi connectivity index (χ1n) is 6.43. The number of rotatable bonds is 7. The summed E-state index contributed by atoms with van der Waals surface area (Å²) in [6.45, 7) is 2.07. The first-order valence-corrected chi connectivity index (χ1v) is 9.20. The van der Waals surface area contributed by atoms with Crippen LogP contribution < -0.4 is 0 Å². The van der Waals surface area contributed by atoms with Crippen LogP contribution in [-0.4, -0.2) is 33.0 Å². The lowest BCUT2D eigenvalue weighted by Crippen LogP contribution is -2.18. The number of carbonyl (C=O) groups excluding carboxylic acids is 1. The number of ether oxygens (including phenoxy) is 1. The Balaban J connectivity index is 2.80. The van der Waals surface area contributed by atoms with E-state index in [9.17, 15) is 13.2 Å². The van der Waals surface area contributed by atoms with E-state index in [0.29, 0.717) is 0 Å². The number of hydrogen-bond donors (Lipinski definition) is 0. The fourth-order valence-electron chi connectivity index (χ4n) is 1.68. The zero-order valence-electron chi connectivity index (χ0n) is 12.0. The van der Waals surface area contributed by atoms with E-state index in [-0.39, 0.29) is 16.1 Å². The summed E-state index contributed by atoms with van der Waals surface area (Å²) >= 11 is 1.41. The van der Waals surface area contributed by atoms with Crippen LogP contribution in [0.15, 0.2) is 34.1 Å². The summed E-state index contributed by atoms with van der Waals surface area (Å²) in [5.74, 6) is -0.240. The molecular weight excluding hydrogens is 296 g/mol. The number of sulfone groups is 1. The van der Waals surface area contributed by atoms with Crippen molar-refractivity contribution in [2.24, 2.45) is 0 Å². The lowest BCUT2D eigenvalue weighted by Gasteiger charge is -2.14. The van der Waals surface area contributed by atoms with Gasteiger partial charge in [-0.25, -0.2) is 8.42 Å². The van der Waals surface area contributed by atoms with Gasteiger partial charge in [-0.15, -0.1) is 11.8 Å². The molecule has 20 heavy (non-hydrogen) atoms. The van der Waals surface area contributed by atoms with Crippen molar-refractivity contribution < 1.29 is 17.9 Å². The van der Waals surface area contributed by atoms with Crippen LogP contribution >= 0.6 is 11.8 Å². The van der Waals surface area contributed by atoms with Gasteiger partial charge in [0, 0.05) is 11.2 Å². The second kappa shape index (κ2) is 7.69. The van der Waals surface area contributed by atoms with E-state index in [1.165, 1.54) is 25.1 Å². The highest BCUT2D eigenvalue weighted by Crippen LogP contribution is 2.28. The molecule has 1 unspecified atom stereocenters. The Kier molecular flexibility index (Phi) is 6.55. The minimum atomic E-state index is -3.18. The van der Waals surface area contributed by atoms with Crippen molar-refractivity contribution in [1.82, 2.24) is 0 Å². The van der Waals surface area contributed by atoms with E-state index in [2.05, 4.69) is 6.92 Å². The third-order valence-corrected chi connectivity index (χ3v) is 5.20. The molecule has 0 amide bonds. The van der Waals surface area contributed by atoms with E-state index in [0.717, 1.165) is 24.2 Å². The quantitative estimate of drug-likeness (QED) is 0.572. The van der Waals surface area contributed by atoms with Crippen LogP contribution in [-0.2, 0) is 19.4 Å². The summed E-state index contributed by atoms with van der Waals surface area (Å²) < 4.78 is 27.6. The van der Waals surface area contributed by atoms with Gasteiger partial charge in [-0.3, -0.25) is 4.79 Å². The first-order chi connectivity index (χ1) is 9.38. The Labute approximate surface area is 124 Å². The van der Waals surface area contributed by atoms with Gasteiger partial charge in [0.25, 0.3) is 0 Å².